The number of nitrogens with zero attached hydrogens (tertiary/aromatic N) is 1. The van der Waals surface area contributed by atoms with E-state index >= 15 is 0 Å². The summed E-state index contributed by atoms with van der Waals surface area (Å²) in [6.45, 7) is 6.78. The minimum Gasteiger partial charge on any atom is -0.490 e. The van der Waals surface area contributed by atoms with E-state index in [1.165, 1.54) is 23.3 Å². The van der Waals surface area contributed by atoms with Crippen molar-refractivity contribution in [2.75, 3.05) is 11.9 Å². The van der Waals surface area contributed by atoms with Crippen molar-refractivity contribution in [1.29, 1.82) is 5.26 Å². The third-order valence-electron chi connectivity index (χ3n) is 5.14. The number of benzene rings is 3. The molecule has 3 rings (SSSR count). The highest BCUT2D eigenvalue weighted by Gasteiger charge is 2.15. The number of aryl methyl sites for hydroxylation is 2. The average molecular weight is 574 g/mol. The van der Waals surface area contributed by atoms with Crippen LogP contribution in [0.1, 0.15) is 29.2 Å². The number of hydrogen-bond acceptors (Lipinski definition) is 4. The van der Waals surface area contributed by atoms with Gasteiger partial charge in [-0.1, -0.05) is 41.4 Å². The van der Waals surface area contributed by atoms with Crippen molar-refractivity contribution in [3.05, 3.63) is 90.9 Å². The van der Waals surface area contributed by atoms with Gasteiger partial charge < -0.3 is 14.8 Å². The molecule has 0 aromatic heterocycles. The molecule has 0 heterocycles. The van der Waals surface area contributed by atoms with Gasteiger partial charge in [-0.05, 0) is 95.4 Å². The van der Waals surface area contributed by atoms with Gasteiger partial charge in [0, 0.05) is 5.69 Å². The first-order valence-corrected chi connectivity index (χ1v) is 12.3. The van der Waals surface area contributed by atoms with Crippen molar-refractivity contribution in [3.63, 3.8) is 0 Å². The molecule has 0 atom stereocenters. The first-order chi connectivity index (χ1) is 16.7. The maximum Gasteiger partial charge on any atom is 0.266 e. The Kier molecular flexibility index (Phi) is 9.22. The zero-order valence-corrected chi connectivity index (χ0v) is 22.5. The second-order valence-electron chi connectivity index (χ2n) is 7.72. The van der Waals surface area contributed by atoms with E-state index in [-0.39, 0.29) is 5.57 Å². The molecule has 0 saturated heterocycles. The summed E-state index contributed by atoms with van der Waals surface area (Å²) in [5, 5.41) is 12.9. The molecule has 0 fully saturated rings. The molecule has 0 unspecified atom stereocenters. The number of carbonyl (C=O) groups excluding carboxylic acids is 1. The van der Waals surface area contributed by atoms with E-state index in [0.29, 0.717) is 50.5 Å². The van der Waals surface area contributed by atoms with E-state index in [4.69, 9.17) is 32.7 Å². The molecule has 0 aliphatic heterocycles. The predicted octanol–water partition coefficient (Wildman–Crippen LogP) is 7.90. The van der Waals surface area contributed by atoms with E-state index in [9.17, 15) is 10.1 Å². The van der Waals surface area contributed by atoms with Crippen LogP contribution in [0.4, 0.5) is 5.69 Å². The van der Waals surface area contributed by atoms with Gasteiger partial charge in [0.15, 0.2) is 11.5 Å². The van der Waals surface area contributed by atoms with Gasteiger partial charge in [0.2, 0.25) is 0 Å². The summed E-state index contributed by atoms with van der Waals surface area (Å²) in [5.74, 6) is 0.468. The SMILES string of the molecule is CCOc1cc(/C=C(\C#N)C(=O)Nc2ccc(Cl)c(Cl)c2)cc(Br)c1OCc1ccc(C)c(C)c1. The lowest BCUT2D eigenvalue weighted by atomic mass is 10.1. The van der Waals surface area contributed by atoms with Crippen LogP contribution < -0.4 is 14.8 Å². The fourth-order valence-electron chi connectivity index (χ4n) is 3.21. The topological polar surface area (TPSA) is 71.3 Å². The van der Waals surface area contributed by atoms with Gasteiger partial charge in [-0.15, -0.1) is 0 Å². The first kappa shape index (κ1) is 26.6. The highest BCUT2D eigenvalue weighted by atomic mass is 79.9. The zero-order valence-electron chi connectivity index (χ0n) is 19.4. The van der Waals surface area contributed by atoms with Crippen LogP contribution in [-0.4, -0.2) is 12.5 Å². The Morgan fingerprint density at radius 2 is 1.83 bits per heavy atom. The summed E-state index contributed by atoms with van der Waals surface area (Å²) in [5.41, 5.74) is 4.39. The van der Waals surface area contributed by atoms with Crippen molar-refractivity contribution in [2.24, 2.45) is 0 Å². The number of ether oxygens (including phenoxy) is 2. The molecule has 5 nitrogen and oxygen atoms in total. The maximum absolute atomic E-state index is 12.7. The Balaban J connectivity index is 1.85. The fourth-order valence-corrected chi connectivity index (χ4v) is 4.08. The van der Waals surface area contributed by atoms with E-state index < -0.39 is 5.91 Å². The van der Waals surface area contributed by atoms with Crippen molar-refractivity contribution >= 4 is 56.8 Å². The molecule has 0 saturated carbocycles. The molecule has 0 spiro atoms. The van der Waals surface area contributed by atoms with Crippen LogP contribution >= 0.6 is 39.1 Å². The molecule has 8 heteroatoms. The lowest BCUT2D eigenvalue weighted by Crippen LogP contribution is -2.13. The van der Waals surface area contributed by atoms with Gasteiger partial charge in [0.1, 0.15) is 18.2 Å². The molecule has 0 aliphatic rings. The summed E-state index contributed by atoms with van der Waals surface area (Å²) in [6.07, 6.45) is 1.48. The summed E-state index contributed by atoms with van der Waals surface area (Å²) in [4.78, 5) is 12.7. The predicted molar refractivity (Wildman–Crippen MR) is 144 cm³/mol. The molecule has 180 valence electrons. The maximum atomic E-state index is 12.7. The number of carbonyl (C=O) groups is 1. The van der Waals surface area contributed by atoms with Crippen LogP contribution in [0.3, 0.4) is 0 Å². The largest absolute Gasteiger partial charge is 0.490 e. The minimum absolute atomic E-state index is 0.0887. The van der Waals surface area contributed by atoms with Gasteiger partial charge in [0.25, 0.3) is 5.91 Å². The third kappa shape index (κ3) is 7.02. The van der Waals surface area contributed by atoms with Crippen molar-refractivity contribution in [3.8, 4) is 17.6 Å². The Bertz CT molecular complexity index is 1330. The number of amides is 1. The quantitative estimate of drug-likeness (QED) is 0.219. The minimum atomic E-state index is -0.574. The lowest BCUT2D eigenvalue weighted by Gasteiger charge is -2.15. The molecule has 1 amide bonds. The van der Waals surface area contributed by atoms with E-state index in [1.54, 1.807) is 24.3 Å². The molecule has 0 bridgehead atoms. The smallest absolute Gasteiger partial charge is 0.266 e. The fraction of sp³-hybridized carbons (Fsp3) is 0.185. The highest BCUT2D eigenvalue weighted by Crippen LogP contribution is 2.38. The second-order valence-corrected chi connectivity index (χ2v) is 9.39. The van der Waals surface area contributed by atoms with Gasteiger partial charge in [-0.25, -0.2) is 0 Å². The summed E-state index contributed by atoms with van der Waals surface area (Å²) >= 11 is 15.5. The van der Waals surface area contributed by atoms with Crippen LogP contribution in [0.2, 0.25) is 10.0 Å². The van der Waals surface area contributed by atoms with Crippen molar-refractivity contribution in [1.82, 2.24) is 0 Å². The van der Waals surface area contributed by atoms with Crippen LogP contribution in [0.5, 0.6) is 11.5 Å². The summed E-state index contributed by atoms with van der Waals surface area (Å²) < 4.78 is 12.5. The van der Waals surface area contributed by atoms with Crippen LogP contribution in [0.15, 0.2) is 58.6 Å². The molecule has 3 aromatic rings. The second kappa shape index (κ2) is 12.1. The number of anilines is 1. The lowest BCUT2D eigenvalue weighted by molar-refractivity contribution is -0.112. The molecular weight excluding hydrogens is 551 g/mol. The molecule has 0 aliphatic carbocycles. The Labute approximate surface area is 223 Å². The highest BCUT2D eigenvalue weighted by molar-refractivity contribution is 9.10. The normalized spacial score (nSPS) is 11.1. The van der Waals surface area contributed by atoms with Crippen molar-refractivity contribution in [2.45, 2.75) is 27.4 Å². The molecular formula is C27H23BrCl2N2O3. The van der Waals surface area contributed by atoms with Gasteiger partial charge in [0.05, 0.1) is 21.1 Å². The van der Waals surface area contributed by atoms with Crippen LogP contribution in [0, 0.1) is 25.2 Å². The van der Waals surface area contributed by atoms with E-state index in [2.05, 4.69) is 47.2 Å². The average Bonchev–Trinajstić information content (AvgIpc) is 2.81. The number of halogens is 3. The van der Waals surface area contributed by atoms with Crippen LogP contribution in [-0.2, 0) is 11.4 Å². The Morgan fingerprint density at radius 1 is 1.06 bits per heavy atom. The Morgan fingerprint density at radius 3 is 2.49 bits per heavy atom. The Hall–Kier alpha value is -2.98. The van der Waals surface area contributed by atoms with Crippen LogP contribution in [0.25, 0.3) is 6.08 Å². The summed E-state index contributed by atoms with van der Waals surface area (Å²) in [6, 6.07) is 16.3. The number of hydrogen-bond donors (Lipinski definition) is 1. The first-order valence-electron chi connectivity index (χ1n) is 10.7. The molecule has 35 heavy (non-hydrogen) atoms. The number of nitriles is 1. The van der Waals surface area contributed by atoms with Gasteiger partial charge in [-0.2, -0.15) is 5.26 Å². The molecule has 3 aromatic carbocycles. The zero-order chi connectivity index (χ0) is 25.5. The monoisotopic (exact) mass is 572 g/mol. The third-order valence-corrected chi connectivity index (χ3v) is 6.47. The van der Waals surface area contributed by atoms with Gasteiger partial charge >= 0.3 is 0 Å². The van der Waals surface area contributed by atoms with E-state index in [1.807, 2.05) is 19.1 Å². The number of nitrogens with one attached hydrogen (secondary N) is 1. The summed E-state index contributed by atoms with van der Waals surface area (Å²) in [7, 11) is 0. The van der Waals surface area contributed by atoms with Gasteiger partial charge in [-0.3, -0.25) is 4.79 Å². The van der Waals surface area contributed by atoms with Crippen molar-refractivity contribution < 1.29 is 14.3 Å². The molecule has 1 N–H and O–H groups in total. The molecule has 0 radical (unpaired) electrons. The standard InChI is InChI=1S/C27H23BrCl2N2O3/c1-4-34-25-12-19(10-20(14-31)27(33)32-21-7-8-23(29)24(30)13-21)11-22(28)26(25)35-15-18-6-5-16(2)17(3)9-18/h5-13H,4,15H2,1-3H3,(H,32,33)/b20-10+. The number of rotatable bonds is 8. The van der Waals surface area contributed by atoms with E-state index in [0.717, 1.165) is 5.56 Å².